The minimum atomic E-state index is -1.14. The van der Waals surface area contributed by atoms with Crippen molar-refractivity contribution in [2.75, 3.05) is 41.0 Å². The van der Waals surface area contributed by atoms with E-state index in [2.05, 4.69) is 19.9 Å². The Morgan fingerprint density at radius 2 is 1.02 bits per heavy atom. The van der Waals surface area contributed by atoms with E-state index < -0.39 is 18.1 Å². The number of hydrogen-bond acceptors (Lipinski definition) is 7. The van der Waals surface area contributed by atoms with Gasteiger partial charge >= 0.3 is 11.9 Å². The number of likely N-dealkylation sites (N-methyl/N-ethyl adjacent to an activating group) is 1. The summed E-state index contributed by atoms with van der Waals surface area (Å²) in [5.74, 6) is -1.83. The van der Waals surface area contributed by atoms with E-state index in [1.807, 2.05) is 54.7 Å². The molecule has 0 N–H and O–H groups in total. The maximum atomic E-state index is 12.7. The molecule has 316 valence electrons. The number of unbranched alkanes of at least 4 members (excludes halogenated alkanes) is 18. The van der Waals surface area contributed by atoms with Gasteiger partial charge in [0.2, 0.25) is 0 Å². The molecule has 0 aliphatic heterocycles. The second-order valence-corrected chi connectivity index (χ2v) is 15.7. The lowest BCUT2D eigenvalue weighted by Crippen LogP contribution is -2.55. The number of ether oxygens (including phenoxy) is 3. The summed E-state index contributed by atoms with van der Waals surface area (Å²) < 4.78 is 17.1. The van der Waals surface area contributed by atoms with Crippen LogP contribution in [0.25, 0.3) is 0 Å². The maximum Gasteiger partial charge on any atom is 0.306 e. The fourth-order valence-electron chi connectivity index (χ4n) is 6.16. The topological polar surface area (TPSA) is 102 Å². The minimum absolute atomic E-state index is 0.0177. The Balaban J connectivity index is 4.40. The van der Waals surface area contributed by atoms with Gasteiger partial charge in [0.1, 0.15) is 12.6 Å². The summed E-state index contributed by atoms with van der Waals surface area (Å²) >= 11 is 0. The fourth-order valence-corrected chi connectivity index (χ4v) is 6.16. The summed E-state index contributed by atoms with van der Waals surface area (Å²) in [5, 5.41) is 11.6. The van der Waals surface area contributed by atoms with Crippen LogP contribution in [0.1, 0.15) is 168 Å². The number of carboxylic acid groups (broad SMARTS) is 1. The van der Waals surface area contributed by atoms with Gasteiger partial charge in [0.15, 0.2) is 6.10 Å². The average Bonchev–Trinajstić information content (AvgIpc) is 3.14. The first-order valence-electron chi connectivity index (χ1n) is 21.9. The van der Waals surface area contributed by atoms with Gasteiger partial charge in [-0.2, -0.15) is 0 Å². The largest absolute Gasteiger partial charge is 0.544 e. The molecule has 0 aromatic rings. The molecule has 0 radical (unpaired) electrons. The molecule has 2 unspecified atom stereocenters. The Kier molecular flexibility index (Phi) is 35.9. The molecule has 0 amide bonds. The number of esters is 2. The average molecular weight is 772 g/mol. The molecule has 0 saturated heterocycles. The molecule has 0 heterocycles. The van der Waals surface area contributed by atoms with Crippen LogP contribution in [0.15, 0.2) is 60.8 Å². The van der Waals surface area contributed by atoms with Crippen LogP contribution in [0.5, 0.6) is 0 Å². The zero-order valence-electron chi connectivity index (χ0n) is 35.8. The number of quaternary nitrogens is 1. The highest BCUT2D eigenvalue weighted by atomic mass is 16.6. The molecular formula is C47H81NO7. The van der Waals surface area contributed by atoms with Crippen molar-refractivity contribution in [2.24, 2.45) is 0 Å². The summed E-state index contributed by atoms with van der Waals surface area (Å²) in [4.78, 5) is 36.8. The Labute approximate surface area is 337 Å². The second kappa shape index (κ2) is 37.9. The molecular weight excluding hydrogens is 691 g/mol. The second-order valence-electron chi connectivity index (χ2n) is 15.7. The highest BCUT2D eigenvalue weighted by Gasteiger charge is 2.25. The fraction of sp³-hybridized carbons (Fsp3) is 0.723. The van der Waals surface area contributed by atoms with Gasteiger partial charge < -0.3 is 28.6 Å². The maximum absolute atomic E-state index is 12.7. The van der Waals surface area contributed by atoms with E-state index in [1.54, 1.807) is 21.1 Å². The van der Waals surface area contributed by atoms with Crippen molar-refractivity contribution in [1.82, 2.24) is 0 Å². The third kappa shape index (κ3) is 36.4. The highest BCUT2D eigenvalue weighted by Crippen LogP contribution is 2.15. The van der Waals surface area contributed by atoms with Crippen molar-refractivity contribution in [1.29, 1.82) is 0 Å². The molecule has 0 fully saturated rings. The summed E-state index contributed by atoms with van der Waals surface area (Å²) in [6.45, 7) is 4.44. The van der Waals surface area contributed by atoms with Crippen LogP contribution in [0.3, 0.4) is 0 Å². The molecule has 0 spiro atoms. The SMILES string of the molecule is CC/C=C/C=C/C=C/C=C/C=C/CCCC(=O)OCC(COCCC(C(=O)[O-])[N+](C)(C)C)OC(=O)CCCCCCCCCCCCCCCCCCCC. The first-order chi connectivity index (χ1) is 26.6. The molecule has 2 atom stereocenters. The number of rotatable bonds is 38. The minimum Gasteiger partial charge on any atom is -0.544 e. The zero-order chi connectivity index (χ0) is 40.7. The number of carbonyl (C=O) groups excluding carboxylic acids is 3. The first kappa shape index (κ1) is 52.0. The van der Waals surface area contributed by atoms with Gasteiger partial charge in [-0.1, -0.05) is 184 Å². The standard InChI is InChI=1S/C47H81NO7/c1-6-8-10-12-14-16-18-20-21-22-23-24-26-28-30-32-34-36-38-46(50)55-43(41-53-40-39-44(47(51)52)48(3,4)5)42-54-45(49)37-35-33-31-29-27-25-19-17-15-13-11-9-7-2/h9,11,13,15,17,19,25,27,29,31,43-44H,6-8,10,12,14,16,18,20-24,26,28,30,32-42H2,1-5H3/b11-9+,15-13+,19-17+,27-25+,31-29+. The van der Waals surface area contributed by atoms with E-state index in [-0.39, 0.29) is 49.1 Å². The van der Waals surface area contributed by atoms with E-state index in [0.717, 1.165) is 32.1 Å². The molecule has 8 nitrogen and oxygen atoms in total. The van der Waals surface area contributed by atoms with Crippen molar-refractivity contribution in [3.05, 3.63) is 60.8 Å². The van der Waals surface area contributed by atoms with Gasteiger partial charge in [-0.25, -0.2) is 0 Å². The molecule has 0 aromatic carbocycles. The van der Waals surface area contributed by atoms with E-state index >= 15 is 0 Å². The molecule has 55 heavy (non-hydrogen) atoms. The van der Waals surface area contributed by atoms with Crippen molar-refractivity contribution in [3.8, 4) is 0 Å². The normalized spacial score (nSPS) is 13.5. The lowest BCUT2D eigenvalue weighted by Gasteiger charge is -2.34. The molecule has 0 saturated carbocycles. The third-order valence-corrected chi connectivity index (χ3v) is 9.55. The van der Waals surface area contributed by atoms with Gasteiger partial charge in [0.25, 0.3) is 0 Å². The van der Waals surface area contributed by atoms with Crippen LogP contribution in [0.4, 0.5) is 0 Å². The smallest absolute Gasteiger partial charge is 0.306 e. The predicted octanol–water partition coefficient (Wildman–Crippen LogP) is 10.5. The van der Waals surface area contributed by atoms with Crippen LogP contribution in [0.2, 0.25) is 0 Å². The van der Waals surface area contributed by atoms with Crippen LogP contribution < -0.4 is 5.11 Å². The van der Waals surface area contributed by atoms with E-state index in [1.165, 1.54) is 96.3 Å². The first-order valence-corrected chi connectivity index (χ1v) is 21.9. The number of allylic oxidation sites excluding steroid dienone is 10. The molecule has 0 aromatic heterocycles. The molecule has 0 bridgehead atoms. The predicted molar refractivity (Wildman–Crippen MR) is 226 cm³/mol. The van der Waals surface area contributed by atoms with Gasteiger partial charge in [-0.05, 0) is 25.7 Å². The third-order valence-electron chi connectivity index (χ3n) is 9.55. The number of hydrogen-bond donors (Lipinski definition) is 0. The highest BCUT2D eigenvalue weighted by molar-refractivity contribution is 5.70. The number of carbonyl (C=O) groups is 3. The molecule has 0 rings (SSSR count). The van der Waals surface area contributed by atoms with Crippen molar-refractivity contribution in [3.63, 3.8) is 0 Å². The van der Waals surface area contributed by atoms with E-state index in [0.29, 0.717) is 12.8 Å². The van der Waals surface area contributed by atoms with Crippen molar-refractivity contribution >= 4 is 17.9 Å². The number of carboxylic acids is 1. The Morgan fingerprint density at radius 1 is 0.564 bits per heavy atom. The Bertz CT molecular complexity index is 1090. The van der Waals surface area contributed by atoms with Crippen LogP contribution in [-0.4, -0.2) is 75.5 Å². The quantitative estimate of drug-likeness (QED) is 0.0266. The Hall–Kier alpha value is -2.97. The van der Waals surface area contributed by atoms with Crippen molar-refractivity contribution < 1.29 is 38.2 Å². The van der Waals surface area contributed by atoms with Gasteiger partial charge in [-0.15, -0.1) is 0 Å². The van der Waals surface area contributed by atoms with E-state index in [9.17, 15) is 19.5 Å². The van der Waals surface area contributed by atoms with Crippen LogP contribution in [-0.2, 0) is 28.6 Å². The summed E-state index contributed by atoms with van der Waals surface area (Å²) in [5.41, 5.74) is 0. The molecule has 8 heteroatoms. The van der Waals surface area contributed by atoms with Crippen LogP contribution in [0, 0.1) is 0 Å². The summed E-state index contributed by atoms with van der Waals surface area (Å²) in [6.07, 6.45) is 45.5. The summed E-state index contributed by atoms with van der Waals surface area (Å²) in [7, 11) is 5.38. The van der Waals surface area contributed by atoms with E-state index in [4.69, 9.17) is 14.2 Å². The number of aliphatic carboxylic acids is 1. The van der Waals surface area contributed by atoms with Gasteiger partial charge in [0, 0.05) is 19.3 Å². The lowest BCUT2D eigenvalue weighted by atomic mass is 10.0. The zero-order valence-corrected chi connectivity index (χ0v) is 35.8. The number of nitrogens with zero attached hydrogens (tertiary/aromatic N) is 1. The van der Waals surface area contributed by atoms with Gasteiger partial charge in [0.05, 0.1) is 40.3 Å². The van der Waals surface area contributed by atoms with Crippen molar-refractivity contribution in [2.45, 2.75) is 180 Å². The summed E-state index contributed by atoms with van der Waals surface area (Å²) in [6, 6.07) is -0.737. The van der Waals surface area contributed by atoms with Crippen LogP contribution >= 0.6 is 0 Å². The Morgan fingerprint density at radius 3 is 1.49 bits per heavy atom. The molecule has 0 aliphatic rings. The lowest BCUT2D eigenvalue weighted by molar-refractivity contribution is -0.889. The monoisotopic (exact) mass is 772 g/mol. The van der Waals surface area contributed by atoms with Gasteiger partial charge in [-0.3, -0.25) is 9.59 Å². The molecule has 0 aliphatic carbocycles.